The third kappa shape index (κ3) is 2.83. The second-order valence-electron chi connectivity index (χ2n) is 2.48. The topological polar surface area (TPSA) is 59.4 Å². The number of nitrogens with zero attached hydrogens (tertiary/aromatic N) is 1. The average molecular weight is 181 g/mol. The van der Waals surface area contributed by atoms with Crippen molar-refractivity contribution in [1.29, 1.82) is 0 Å². The maximum atomic E-state index is 10.5. The molecule has 1 aromatic rings. The van der Waals surface area contributed by atoms with E-state index in [1.165, 1.54) is 12.3 Å². The molecule has 0 saturated carbocycles. The van der Waals surface area contributed by atoms with Crippen LogP contribution < -0.4 is 0 Å². The van der Waals surface area contributed by atoms with Crippen molar-refractivity contribution in [3.63, 3.8) is 0 Å². The number of rotatable bonds is 4. The van der Waals surface area contributed by atoms with E-state index < -0.39 is 5.97 Å². The first-order valence-corrected chi connectivity index (χ1v) is 4.00. The lowest BCUT2D eigenvalue weighted by molar-refractivity contribution is 0.0696. The molecule has 0 amide bonds. The van der Waals surface area contributed by atoms with Gasteiger partial charge in [0.2, 0.25) is 0 Å². The van der Waals surface area contributed by atoms with E-state index in [0.29, 0.717) is 13.2 Å². The Morgan fingerprint density at radius 2 is 2.38 bits per heavy atom. The summed E-state index contributed by atoms with van der Waals surface area (Å²) in [7, 11) is 0. The van der Waals surface area contributed by atoms with Crippen LogP contribution in [0.2, 0.25) is 0 Å². The highest BCUT2D eigenvalue weighted by molar-refractivity contribution is 5.87. The van der Waals surface area contributed by atoms with E-state index in [4.69, 9.17) is 9.84 Å². The third-order valence-electron chi connectivity index (χ3n) is 1.53. The number of hydrogen-bond acceptors (Lipinski definition) is 3. The zero-order valence-corrected chi connectivity index (χ0v) is 7.36. The average Bonchev–Trinajstić information content (AvgIpc) is 2.15. The van der Waals surface area contributed by atoms with Gasteiger partial charge in [-0.15, -0.1) is 0 Å². The van der Waals surface area contributed by atoms with Crippen molar-refractivity contribution < 1.29 is 14.6 Å². The van der Waals surface area contributed by atoms with Crippen LogP contribution in [-0.2, 0) is 11.3 Å². The summed E-state index contributed by atoms with van der Waals surface area (Å²) < 4.78 is 5.11. The van der Waals surface area contributed by atoms with Crippen LogP contribution in [0.1, 0.15) is 23.0 Å². The summed E-state index contributed by atoms with van der Waals surface area (Å²) >= 11 is 0. The lowest BCUT2D eigenvalue weighted by Gasteiger charge is -2.00. The van der Waals surface area contributed by atoms with Crippen molar-refractivity contribution in [2.75, 3.05) is 6.61 Å². The first-order valence-electron chi connectivity index (χ1n) is 4.00. The minimum atomic E-state index is -0.963. The van der Waals surface area contributed by atoms with Gasteiger partial charge in [0, 0.05) is 12.8 Å². The molecule has 0 unspecified atom stereocenters. The first-order chi connectivity index (χ1) is 6.24. The smallest absolute Gasteiger partial charge is 0.337 e. The van der Waals surface area contributed by atoms with Crippen molar-refractivity contribution in [2.45, 2.75) is 13.5 Å². The largest absolute Gasteiger partial charge is 0.478 e. The van der Waals surface area contributed by atoms with E-state index in [0.717, 1.165) is 5.69 Å². The van der Waals surface area contributed by atoms with Gasteiger partial charge in [-0.1, -0.05) is 0 Å². The summed E-state index contributed by atoms with van der Waals surface area (Å²) in [5.41, 5.74) is 0.937. The maximum Gasteiger partial charge on any atom is 0.337 e. The highest BCUT2D eigenvalue weighted by Gasteiger charge is 2.02. The summed E-state index contributed by atoms with van der Waals surface area (Å²) in [5, 5.41) is 8.58. The van der Waals surface area contributed by atoms with Crippen LogP contribution >= 0.6 is 0 Å². The van der Waals surface area contributed by atoms with Gasteiger partial charge in [-0.3, -0.25) is 4.98 Å². The predicted molar refractivity (Wildman–Crippen MR) is 46.5 cm³/mol. The van der Waals surface area contributed by atoms with Gasteiger partial charge >= 0.3 is 5.97 Å². The van der Waals surface area contributed by atoms with E-state index in [1.54, 1.807) is 6.07 Å². The fourth-order valence-corrected chi connectivity index (χ4v) is 0.843. The molecule has 0 fully saturated rings. The number of hydrogen-bond donors (Lipinski definition) is 1. The molecule has 0 aliphatic carbocycles. The number of carbonyl (C=O) groups is 1. The number of aromatic carboxylic acids is 1. The number of ether oxygens (including phenoxy) is 1. The van der Waals surface area contributed by atoms with Gasteiger partial charge in [0.05, 0.1) is 17.9 Å². The molecule has 1 aromatic heterocycles. The van der Waals surface area contributed by atoms with Gasteiger partial charge in [0.1, 0.15) is 0 Å². The zero-order chi connectivity index (χ0) is 9.68. The first kappa shape index (κ1) is 9.67. The summed E-state index contributed by atoms with van der Waals surface area (Å²) in [4.78, 5) is 14.4. The monoisotopic (exact) mass is 181 g/mol. The van der Waals surface area contributed by atoms with Crippen molar-refractivity contribution in [3.05, 3.63) is 29.6 Å². The van der Waals surface area contributed by atoms with Crippen molar-refractivity contribution in [2.24, 2.45) is 0 Å². The van der Waals surface area contributed by atoms with E-state index in [9.17, 15) is 4.79 Å². The predicted octanol–water partition coefficient (Wildman–Crippen LogP) is 1.32. The Morgan fingerprint density at radius 3 is 2.85 bits per heavy atom. The highest BCUT2D eigenvalue weighted by Crippen LogP contribution is 2.01. The Labute approximate surface area is 76.2 Å². The van der Waals surface area contributed by atoms with E-state index in [2.05, 4.69) is 4.98 Å². The molecule has 1 rings (SSSR count). The van der Waals surface area contributed by atoms with Crippen LogP contribution in [0.5, 0.6) is 0 Å². The molecule has 1 heterocycles. The molecule has 0 bridgehead atoms. The van der Waals surface area contributed by atoms with Gasteiger partial charge in [-0.05, 0) is 19.1 Å². The molecule has 1 N–H and O–H groups in total. The lowest BCUT2D eigenvalue weighted by Crippen LogP contribution is -2.00. The van der Waals surface area contributed by atoms with Gasteiger partial charge in [-0.2, -0.15) is 0 Å². The summed E-state index contributed by atoms with van der Waals surface area (Å²) in [6.07, 6.45) is 1.33. The van der Waals surface area contributed by atoms with Gasteiger partial charge in [-0.25, -0.2) is 4.79 Å². The zero-order valence-electron chi connectivity index (χ0n) is 7.36. The second-order valence-corrected chi connectivity index (χ2v) is 2.48. The van der Waals surface area contributed by atoms with Crippen LogP contribution in [0.4, 0.5) is 0 Å². The highest BCUT2D eigenvalue weighted by atomic mass is 16.5. The molecule has 0 saturated heterocycles. The minimum Gasteiger partial charge on any atom is -0.478 e. The molecular weight excluding hydrogens is 170 g/mol. The molecule has 70 valence electrons. The second kappa shape index (κ2) is 4.57. The normalized spacial score (nSPS) is 9.92. The molecule has 0 aliphatic rings. The molecule has 0 aliphatic heterocycles. The van der Waals surface area contributed by atoms with Crippen molar-refractivity contribution >= 4 is 5.97 Å². The van der Waals surface area contributed by atoms with Gasteiger partial charge in [0.25, 0.3) is 0 Å². The van der Waals surface area contributed by atoms with Crippen LogP contribution in [0.3, 0.4) is 0 Å². The summed E-state index contributed by atoms with van der Waals surface area (Å²) in [6.45, 7) is 2.95. The van der Waals surface area contributed by atoms with E-state index >= 15 is 0 Å². The fraction of sp³-hybridized carbons (Fsp3) is 0.333. The summed E-state index contributed by atoms with van der Waals surface area (Å²) in [6, 6.07) is 3.17. The molecular formula is C9H11NO3. The van der Waals surface area contributed by atoms with E-state index in [-0.39, 0.29) is 5.56 Å². The van der Waals surface area contributed by atoms with Crippen LogP contribution in [-0.4, -0.2) is 22.7 Å². The Balaban J connectivity index is 2.64. The number of pyridine rings is 1. The molecule has 0 radical (unpaired) electrons. The lowest BCUT2D eigenvalue weighted by atomic mass is 10.2. The van der Waals surface area contributed by atoms with Crippen molar-refractivity contribution in [1.82, 2.24) is 4.98 Å². The molecule has 4 nitrogen and oxygen atoms in total. The van der Waals surface area contributed by atoms with Gasteiger partial charge < -0.3 is 9.84 Å². The fourth-order valence-electron chi connectivity index (χ4n) is 0.843. The molecule has 4 heteroatoms. The minimum absolute atomic E-state index is 0.195. The number of carboxylic acid groups (broad SMARTS) is 1. The van der Waals surface area contributed by atoms with E-state index in [1.807, 2.05) is 6.92 Å². The van der Waals surface area contributed by atoms with Crippen LogP contribution in [0, 0.1) is 0 Å². The molecule has 0 spiro atoms. The Hall–Kier alpha value is -1.42. The summed E-state index contributed by atoms with van der Waals surface area (Å²) in [5.74, 6) is -0.963. The molecule has 0 atom stereocenters. The molecule has 0 aromatic carbocycles. The SMILES string of the molecule is CCOCc1ccc(C(=O)O)cn1. The van der Waals surface area contributed by atoms with Crippen LogP contribution in [0.15, 0.2) is 18.3 Å². The number of aromatic nitrogens is 1. The third-order valence-corrected chi connectivity index (χ3v) is 1.53. The van der Waals surface area contributed by atoms with Crippen molar-refractivity contribution in [3.8, 4) is 0 Å². The van der Waals surface area contributed by atoms with Crippen LogP contribution in [0.25, 0.3) is 0 Å². The van der Waals surface area contributed by atoms with Gasteiger partial charge in [0.15, 0.2) is 0 Å². The maximum absolute atomic E-state index is 10.5. The Bertz CT molecular complexity index is 281. The molecule has 13 heavy (non-hydrogen) atoms. The Kier molecular flexibility index (Phi) is 3.40. The standard InChI is InChI=1S/C9H11NO3/c1-2-13-6-8-4-3-7(5-10-8)9(11)12/h3-5H,2,6H2,1H3,(H,11,12). The quantitative estimate of drug-likeness (QED) is 0.760. The Morgan fingerprint density at radius 1 is 1.62 bits per heavy atom. The number of carboxylic acids is 1.